The number of amides is 1. The number of thiophene rings is 1. The number of hydrogen-bond acceptors (Lipinski definition) is 6. The van der Waals surface area contributed by atoms with Crippen molar-refractivity contribution < 1.29 is 9.21 Å². The number of likely N-dealkylation sites (N-methyl/N-ethyl adjacent to an activating group) is 1. The fourth-order valence-corrected chi connectivity index (χ4v) is 3.56. The van der Waals surface area contributed by atoms with Crippen molar-refractivity contribution in [1.82, 2.24) is 20.1 Å². The number of aromatic nitrogens is 1. The third kappa shape index (κ3) is 5.14. The van der Waals surface area contributed by atoms with Crippen molar-refractivity contribution in [3.63, 3.8) is 0 Å². The summed E-state index contributed by atoms with van der Waals surface area (Å²) in [4.78, 5) is 22.4. The number of piperazine rings is 1. The first kappa shape index (κ1) is 18.1. The van der Waals surface area contributed by atoms with Crippen molar-refractivity contribution >= 4 is 17.2 Å². The topological polar surface area (TPSA) is 61.6 Å². The standard InChI is InChI=1S/C18H26N4O2S/c1-14-15(20-18(24-14)16-5-3-12-25-16)13-17(23)19-6-4-7-22-10-8-21(2)9-11-22/h3,5,12H,4,6-11,13H2,1-2H3,(H,19,23). The maximum atomic E-state index is 12.1. The highest BCUT2D eigenvalue weighted by Gasteiger charge is 2.16. The van der Waals surface area contributed by atoms with E-state index in [9.17, 15) is 4.79 Å². The predicted octanol–water partition coefficient (Wildman–Crippen LogP) is 2.01. The van der Waals surface area contributed by atoms with E-state index in [-0.39, 0.29) is 12.3 Å². The third-order valence-electron chi connectivity index (χ3n) is 4.52. The molecule has 2 aromatic heterocycles. The van der Waals surface area contributed by atoms with Gasteiger partial charge in [-0.3, -0.25) is 4.79 Å². The summed E-state index contributed by atoms with van der Waals surface area (Å²) in [6.07, 6.45) is 1.25. The monoisotopic (exact) mass is 362 g/mol. The van der Waals surface area contributed by atoms with Gasteiger partial charge in [-0.05, 0) is 38.4 Å². The molecule has 25 heavy (non-hydrogen) atoms. The first-order valence-corrected chi connectivity index (χ1v) is 9.67. The van der Waals surface area contributed by atoms with Crippen LogP contribution in [0.5, 0.6) is 0 Å². The molecule has 0 radical (unpaired) electrons. The summed E-state index contributed by atoms with van der Waals surface area (Å²) in [6, 6.07) is 3.93. The second-order valence-electron chi connectivity index (χ2n) is 6.52. The van der Waals surface area contributed by atoms with Gasteiger partial charge in [0.05, 0.1) is 17.0 Å². The Labute approximate surface area is 152 Å². The molecule has 6 nitrogen and oxygen atoms in total. The van der Waals surface area contributed by atoms with Gasteiger partial charge >= 0.3 is 0 Å². The molecule has 1 amide bonds. The Hall–Kier alpha value is -1.70. The van der Waals surface area contributed by atoms with E-state index in [2.05, 4.69) is 27.1 Å². The van der Waals surface area contributed by atoms with E-state index in [0.717, 1.165) is 55.5 Å². The molecular formula is C18H26N4O2S. The summed E-state index contributed by atoms with van der Waals surface area (Å²) in [5.74, 6) is 1.33. The van der Waals surface area contributed by atoms with Crippen LogP contribution in [0, 0.1) is 6.92 Å². The third-order valence-corrected chi connectivity index (χ3v) is 5.38. The number of carbonyl (C=O) groups excluding carboxylic acids is 1. The van der Waals surface area contributed by atoms with Gasteiger partial charge in [-0.1, -0.05) is 6.07 Å². The highest BCUT2D eigenvalue weighted by Crippen LogP contribution is 2.25. The molecule has 1 saturated heterocycles. The maximum Gasteiger partial charge on any atom is 0.236 e. The molecular weight excluding hydrogens is 336 g/mol. The SMILES string of the molecule is Cc1oc(-c2cccs2)nc1CC(=O)NCCCN1CCN(C)CC1. The lowest BCUT2D eigenvalue weighted by atomic mass is 10.2. The average Bonchev–Trinajstić information content (AvgIpc) is 3.24. The summed E-state index contributed by atoms with van der Waals surface area (Å²) >= 11 is 1.58. The molecule has 3 rings (SSSR count). The van der Waals surface area contributed by atoms with Gasteiger partial charge in [0.15, 0.2) is 0 Å². The highest BCUT2D eigenvalue weighted by atomic mass is 32.1. The molecule has 2 aromatic rings. The summed E-state index contributed by atoms with van der Waals surface area (Å²) in [5.41, 5.74) is 0.722. The van der Waals surface area contributed by atoms with Crippen LogP contribution < -0.4 is 5.32 Å². The van der Waals surface area contributed by atoms with Crippen LogP contribution in [0.3, 0.4) is 0 Å². The minimum atomic E-state index is 0.00695. The molecule has 3 heterocycles. The van der Waals surface area contributed by atoms with Crippen molar-refractivity contribution in [3.8, 4) is 10.8 Å². The first-order valence-electron chi connectivity index (χ1n) is 8.79. The van der Waals surface area contributed by atoms with Gasteiger partial charge in [-0.15, -0.1) is 11.3 Å². The predicted molar refractivity (Wildman–Crippen MR) is 99.8 cm³/mol. The second kappa shape index (κ2) is 8.60. The Morgan fingerprint density at radius 1 is 1.36 bits per heavy atom. The zero-order valence-corrected chi connectivity index (χ0v) is 15.8. The van der Waals surface area contributed by atoms with Crippen molar-refractivity contribution in [2.75, 3.05) is 46.3 Å². The Morgan fingerprint density at radius 2 is 2.16 bits per heavy atom. The molecule has 0 aliphatic carbocycles. The molecule has 0 saturated carbocycles. The molecule has 0 aromatic carbocycles. The molecule has 0 spiro atoms. The Morgan fingerprint density at radius 3 is 2.88 bits per heavy atom. The molecule has 1 N–H and O–H groups in total. The molecule has 0 unspecified atom stereocenters. The van der Waals surface area contributed by atoms with Gasteiger partial charge in [0.25, 0.3) is 0 Å². The summed E-state index contributed by atoms with van der Waals surface area (Å²) in [6.45, 7) is 8.11. The second-order valence-corrected chi connectivity index (χ2v) is 7.47. The maximum absolute atomic E-state index is 12.1. The van der Waals surface area contributed by atoms with Crippen LogP contribution in [-0.2, 0) is 11.2 Å². The van der Waals surface area contributed by atoms with E-state index < -0.39 is 0 Å². The molecule has 1 aliphatic heterocycles. The Bertz CT molecular complexity index is 675. The lowest BCUT2D eigenvalue weighted by Gasteiger charge is -2.32. The number of oxazole rings is 1. The number of rotatable bonds is 7. The van der Waals surface area contributed by atoms with Crippen LogP contribution >= 0.6 is 11.3 Å². The summed E-state index contributed by atoms with van der Waals surface area (Å²) in [5, 5.41) is 4.98. The van der Waals surface area contributed by atoms with Gasteiger partial charge in [-0.25, -0.2) is 4.98 Å². The number of hydrogen-bond donors (Lipinski definition) is 1. The number of nitrogens with zero attached hydrogens (tertiary/aromatic N) is 3. The van der Waals surface area contributed by atoms with Crippen molar-refractivity contribution in [1.29, 1.82) is 0 Å². The molecule has 0 atom stereocenters. The lowest BCUT2D eigenvalue weighted by Crippen LogP contribution is -2.45. The lowest BCUT2D eigenvalue weighted by molar-refractivity contribution is -0.120. The van der Waals surface area contributed by atoms with Crippen molar-refractivity contribution in [2.45, 2.75) is 19.8 Å². The van der Waals surface area contributed by atoms with E-state index in [1.807, 2.05) is 24.4 Å². The first-order chi connectivity index (χ1) is 12.1. The summed E-state index contributed by atoms with van der Waals surface area (Å²) < 4.78 is 5.68. The normalized spacial score (nSPS) is 16.2. The van der Waals surface area contributed by atoms with E-state index in [4.69, 9.17) is 4.42 Å². The van der Waals surface area contributed by atoms with E-state index >= 15 is 0 Å². The zero-order chi connectivity index (χ0) is 17.6. The van der Waals surface area contributed by atoms with E-state index in [1.54, 1.807) is 11.3 Å². The fourth-order valence-electron chi connectivity index (χ4n) is 2.91. The minimum absolute atomic E-state index is 0.00695. The van der Waals surface area contributed by atoms with Crippen LogP contribution in [-0.4, -0.2) is 67.0 Å². The molecule has 136 valence electrons. The van der Waals surface area contributed by atoms with Crippen molar-refractivity contribution in [3.05, 3.63) is 29.0 Å². The smallest absolute Gasteiger partial charge is 0.236 e. The van der Waals surface area contributed by atoms with E-state index in [1.165, 1.54) is 0 Å². The van der Waals surface area contributed by atoms with Gasteiger partial charge in [0.2, 0.25) is 11.8 Å². The van der Waals surface area contributed by atoms with E-state index in [0.29, 0.717) is 12.4 Å². The number of nitrogens with one attached hydrogen (secondary N) is 1. The summed E-state index contributed by atoms with van der Waals surface area (Å²) in [7, 11) is 2.16. The van der Waals surface area contributed by atoms with Gasteiger partial charge < -0.3 is 19.5 Å². The highest BCUT2D eigenvalue weighted by molar-refractivity contribution is 7.13. The molecule has 1 fully saturated rings. The van der Waals surface area contributed by atoms with Gasteiger partial charge in [0, 0.05) is 32.7 Å². The van der Waals surface area contributed by atoms with Crippen LogP contribution in [0.25, 0.3) is 10.8 Å². The number of carbonyl (C=O) groups is 1. The largest absolute Gasteiger partial charge is 0.440 e. The van der Waals surface area contributed by atoms with Gasteiger partial charge in [-0.2, -0.15) is 0 Å². The van der Waals surface area contributed by atoms with Crippen LogP contribution in [0.1, 0.15) is 17.9 Å². The average molecular weight is 362 g/mol. The Kier molecular flexibility index (Phi) is 6.23. The van der Waals surface area contributed by atoms with Crippen LogP contribution in [0.2, 0.25) is 0 Å². The van der Waals surface area contributed by atoms with Crippen molar-refractivity contribution in [2.24, 2.45) is 0 Å². The van der Waals surface area contributed by atoms with Crippen LogP contribution in [0.4, 0.5) is 0 Å². The fraction of sp³-hybridized carbons (Fsp3) is 0.556. The zero-order valence-electron chi connectivity index (χ0n) is 15.0. The molecule has 7 heteroatoms. The number of aryl methyl sites for hydroxylation is 1. The van der Waals surface area contributed by atoms with Crippen LogP contribution in [0.15, 0.2) is 21.9 Å². The van der Waals surface area contributed by atoms with Gasteiger partial charge in [0.1, 0.15) is 5.76 Å². The minimum Gasteiger partial charge on any atom is -0.440 e. The quantitative estimate of drug-likeness (QED) is 0.764. The molecule has 0 bridgehead atoms. The molecule has 1 aliphatic rings. The Balaban J connectivity index is 1.39.